The zero-order valence-corrected chi connectivity index (χ0v) is 14.9. The molecule has 0 saturated carbocycles. The molecular weight excluding hydrogens is 338 g/mol. The lowest BCUT2D eigenvalue weighted by Gasteiger charge is -2.34. The van der Waals surface area contributed by atoms with E-state index in [2.05, 4.69) is 15.2 Å². The Balaban J connectivity index is 1.49. The van der Waals surface area contributed by atoms with E-state index >= 15 is 0 Å². The van der Waals surface area contributed by atoms with Crippen LogP contribution in [0.15, 0.2) is 29.6 Å². The van der Waals surface area contributed by atoms with Crippen molar-refractivity contribution in [3.63, 3.8) is 0 Å². The fraction of sp³-hybridized carbons (Fsp3) is 0.353. The van der Waals surface area contributed by atoms with E-state index in [0.29, 0.717) is 25.2 Å². The molecule has 7 nitrogen and oxygen atoms in total. The summed E-state index contributed by atoms with van der Waals surface area (Å²) in [5.41, 5.74) is 7.59. The van der Waals surface area contributed by atoms with E-state index in [4.69, 9.17) is 5.73 Å². The molecule has 1 aromatic heterocycles. The van der Waals surface area contributed by atoms with Crippen LogP contribution >= 0.6 is 11.3 Å². The molecule has 0 radical (unpaired) electrons. The summed E-state index contributed by atoms with van der Waals surface area (Å²) < 4.78 is 0. The first kappa shape index (κ1) is 17.2. The monoisotopic (exact) mass is 359 g/mol. The first-order chi connectivity index (χ1) is 12.0. The second-order valence-corrected chi connectivity index (χ2v) is 6.81. The molecule has 3 amide bonds. The Morgan fingerprint density at radius 3 is 2.68 bits per heavy atom. The normalized spacial score (nSPS) is 14.4. The van der Waals surface area contributed by atoms with Crippen LogP contribution < -0.4 is 16.0 Å². The molecule has 1 aliphatic heterocycles. The number of primary amides is 1. The highest BCUT2D eigenvalue weighted by Gasteiger charge is 2.22. The first-order valence-corrected chi connectivity index (χ1v) is 8.99. The van der Waals surface area contributed by atoms with Crippen molar-refractivity contribution >= 4 is 28.4 Å². The average molecular weight is 359 g/mol. The van der Waals surface area contributed by atoms with Gasteiger partial charge in [0.1, 0.15) is 0 Å². The van der Waals surface area contributed by atoms with E-state index < -0.39 is 5.91 Å². The van der Waals surface area contributed by atoms with Crippen LogP contribution in [0.3, 0.4) is 0 Å². The van der Waals surface area contributed by atoms with Crippen LogP contribution in [-0.2, 0) is 6.54 Å². The van der Waals surface area contributed by atoms with Crippen molar-refractivity contribution in [2.75, 3.05) is 31.1 Å². The number of amides is 3. The van der Waals surface area contributed by atoms with Crippen molar-refractivity contribution in [3.8, 4) is 0 Å². The van der Waals surface area contributed by atoms with E-state index in [9.17, 15) is 9.59 Å². The lowest BCUT2D eigenvalue weighted by atomic mass is 10.1. The van der Waals surface area contributed by atoms with Gasteiger partial charge in [-0.25, -0.2) is 9.78 Å². The maximum atomic E-state index is 12.3. The molecule has 3 N–H and O–H groups in total. The van der Waals surface area contributed by atoms with E-state index in [1.54, 1.807) is 34.4 Å². The predicted molar refractivity (Wildman–Crippen MR) is 97.8 cm³/mol. The number of hydrogen-bond acceptors (Lipinski definition) is 5. The third kappa shape index (κ3) is 4.27. The Kier molecular flexibility index (Phi) is 5.18. The number of rotatable bonds is 4. The minimum absolute atomic E-state index is 0.0977. The van der Waals surface area contributed by atoms with Crippen LogP contribution in [0.25, 0.3) is 0 Å². The molecule has 1 aliphatic rings. The lowest BCUT2D eigenvalue weighted by Crippen LogP contribution is -2.51. The number of aromatic nitrogens is 1. The number of nitrogens with two attached hydrogens (primary N) is 1. The lowest BCUT2D eigenvalue weighted by molar-refractivity contribution is 0.1000. The third-order valence-corrected chi connectivity index (χ3v) is 5.12. The summed E-state index contributed by atoms with van der Waals surface area (Å²) in [6, 6.07) is 6.88. The molecule has 1 saturated heterocycles. The van der Waals surface area contributed by atoms with Crippen molar-refractivity contribution < 1.29 is 9.59 Å². The minimum atomic E-state index is -0.471. The van der Waals surface area contributed by atoms with E-state index in [0.717, 1.165) is 29.5 Å². The Morgan fingerprint density at radius 1 is 1.28 bits per heavy atom. The Hall–Kier alpha value is -2.61. The topological polar surface area (TPSA) is 91.6 Å². The number of carbonyl (C=O) groups excluding carboxylic acids is 2. The molecule has 0 spiro atoms. The highest BCUT2D eigenvalue weighted by atomic mass is 32.1. The summed E-state index contributed by atoms with van der Waals surface area (Å²) in [5, 5.41) is 5.95. The Bertz CT molecular complexity index is 768. The van der Waals surface area contributed by atoms with Gasteiger partial charge < -0.3 is 20.9 Å². The molecule has 1 fully saturated rings. The average Bonchev–Trinajstić information content (AvgIpc) is 3.06. The number of thiazole rings is 1. The highest BCUT2D eigenvalue weighted by Crippen LogP contribution is 2.21. The van der Waals surface area contributed by atoms with Crippen molar-refractivity contribution in [2.24, 2.45) is 5.73 Å². The maximum absolute atomic E-state index is 12.3. The van der Waals surface area contributed by atoms with Gasteiger partial charge in [0, 0.05) is 43.7 Å². The van der Waals surface area contributed by atoms with Crippen molar-refractivity contribution in [3.05, 3.63) is 46.5 Å². The molecule has 25 heavy (non-hydrogen) atoms. The van der Waals surface area contributed by atoms with E-state index in [-0.39, 0.29) is 6.03 Å². The molecule has 132 valence electrons. The van der Waals surface area contributed by atoms with Gasteiger partial charge in [-0.15, -0.1) is 11.3 Å². The molecule has 3 rings (SSSR count). The number of urea groups is 1. The summed E-state index contributed by atoms with van der Waals surface area (Å²) in [5.74, 6) is -0.471. The maximum Gasteiger partial charge on any atom is 0.317 e. The summed E-state index contributed by atoms with van der Waals surface area (Å²) in [4.78, 5) is 32.0. The van der Waals surface area contributed by atoms with Crippen molar-refractivity contribution in [1.29, 1.82) is 0 Å². The summed E-state index contributed by atoms with van der Waals surface area (Å²) in [6.07, 6.45) is 0. The number of nitrogens with zero attached hydrogens (tertiary/aromatic N) is 3. The van der Waals surface area contributed by atoms with Gasteiger partial charge in [-0.2, -0.15) is 0 Å². The second-order valence-electron chi connectivity index (χ2n) is 5.97. The van der Waals surface area contributed by atoms with Crippen molar-refractivity contribution in [1.82, 2.24) is 15.2 Å². The molecule has 0 atom stereocenters. The van der Waals surface area contributed by atoms with Gasteiger partial charge in [0.05, 0.1) is 5.69 Å². The predicted octanol–water partition coefficient (Wildman–Crippen LogP) is 1.58. The van der Waals surface area contributed by atoms with Gasteiger partial charge in [0.2, 0.25) is 5.91 Å². The van der Waals surface area contributed by atoms with Gasteiger partial charge in [-0.3, -0.25) is 4.79 Å². The second kappa shape index (κ2) is 7.52. The van der Waals surface area contributed by atoms with Gasteiger partial charge in [-0.1, -0.05) is 12.1 Å². The van der Waals surface area contributed by atoms with Crippen LogP contribution in [0.1, 0.15) is 21.6 Å². The van der Waals surface area contributed by atoms with Gasteiger partial charge in [0.25, 0.3) is 0 Å². The molecule has 0 unspecified atom stereocenters. The van der Waals surface area contributed by atoms with Crippen LogP contribution in [-0.4, -0.2) is 48.0 Å². The standard InChI is InChI=1S/C17H21N5O2S/c1-12-11-25-17(20-12)22-7-5-21(6-8-22)16(24)19-10-13-3-2-4-14(9-13)15(18)23/h2-4,9,11H,5-8,10H2,1H3,(H2,18,23)(H,19,24). The Morgan fingerprint density at radius 2 is 2.04 bits per heavy atom. The smallest absolute Gasteiger partial charge is 0.317 e. The zero-order chi connectivity index (χ0) is 17.8. The molecular formula is C17H21N5O2S. The summed E-state index contributed by atoms with van der Waals surface area (Å²) >= 11 is 1.63. The number of piperazine rings is 1. The quantitative estimate of drug-likeness (QED) is 0.867. The number of carbonyl (C=O) groups is 2. The number of aryl methyl sites for hydroxylation is 1. The SMILES string of the molecule is Cc1csc(N2CCN(C(=O)NCc3cccc(C(N)=O)c3)CC2)n1. The summed E-state index contributed by atoms with van der Waals surface area (Å²) in [7, 11) is 0. The molecule has 0 aliphatic carbocycles. The molecule has 2 aromatic rings. The largest absolute Gasteiger partial charge is 0.366 e. The van der Waals surface area contributed by atoms with Crippen LogP contribution in [0, 0.1) is 6.92 Å². The first-order valence-electron chi connectivity index (χ1n) is 8.11. The number of hydrogen-bond donors (Lipinski definition) is 2. The van der Waals surface area contributed by atoms with Crippen molar-refractivity contribution in [2.45, 2.75) is 13.5 Å². The van der Waals surface area contributed by atoms with Crippen LogP contribution in [0.4, 0.5) is 9.93 Å². The van der Waals surface area contributed by atoms with E-state index in [1.165, 1.54) is 0 Å². The summed E-state index contributed by atoms with van der Waals surface area (Å²) in [6.45, 7) is 5.22. The molecule has 1 aromatic carbocycles. The fourth-order valence-corrected chi connectivity index (χ4v) is 3.57. The van der Waals surface area contributed by atoms with Gasteiger partial charge in [-0.05, 0) is 24.6 Å². The van der Waals surface area contributed by atoms with Crippen LogP contribution in [0.2, 0.25) is 0 Å². The molecule has 2 heterocycles. The Labute approximate surface area is 150 Å². The number of benzene rings is 1. The van der Waals surface area contributed by atoms with Gasteiger partial charge in [0.15, 0.2) is 5.13 Å². The highest BCUT2D eigenvalue weighted by molar-refractivity contribution is 7.13. The van der Waals surface area contributed by atoms with Crippen LogP contribution in [0.5, 0.6) is 0 Å². The number of nitrogens with one attached hydrogen (secondary N) is 1. The molecule has 8 heteroatoms. The molecule has 0 bridgehead atoms. The third-order valence-electron chi connectivity index (χ3n) is 4.10. The zero-order valence-electron chi connectivity index (χ0n) is 14.1. The minimum Gasteiger partial charge on any atom is -0.366 e. The fourth-order valence-electron chi connectivity index (χ4n) is 2.71. The van der Waals surface area contributed by atoms with E-state index in [1.807, 2.05) is 18.4 Å². The number of anilines is 1. The van der Waals surface area contributed by atoms with Gasteiger partial charge >= 0.3 is 6.03 Å².